The van der Waals surface area contributed by atoms with Crippen molar-refractivity contribution >= 4 is 22.9 Å². The lowest BCUT2D eigenvalue weighted by molar-refractivity contribution is -0.117. The first-order chi connectivity index (χ1) is 13.3. The number of ether oxygens (including phenoxy) is 1. The summed E-state index contributed by atoms with van der Waals surface area (Å²) >= 11 is 0. The van der Waals surface area contributed by atoms with E-state index in [2.05, 4.69) is 0 Å². The number of rotatable bonds is 5. The summed E-state index contributed by atoms with van der Waals surface area (Å²) in [5.74, 6) is -1.09. The molecule has 0 atom stereocenters. The van der Waals surface area contributed by atoms with Crippen molar-refractivity contribution in [2.45, 2.75) is 6.92 Å². The van der Waals surface area contributed by atoms with Gasteiger partial charge >= 0.3 is 0 Å². The molecule has 1 heterocycles. The predicted molar refractivity (Wildman–Crippen MR) is 103 cm³/mol. The molecule has 0 saturated heterocycles. The monoisotopic (exact) mass is 379 g/mol. The number of para-hydroxylation sites is 2. The minimum absolute atomic E-state index is 0.0505. The Kier molecular flexibility index (Phi) is 5.14. The zero-order chi connectivity index (χ0) is 20.4. The van der Waals surface area contributed by atoms with Crippen LogP contribution in [0.1, 0.15) is 17.3 Å². The van der Waals surface area contributed by atoms with Crippen molar-refractivity contribution in [2.24, 2.45) is 0 Å². The molecule has 0 aromatic heterocycles. The summed E-state index contributed by atoms with van der Waals surface area (Å²) in [4.78, 5) is 27.5. The van der Waals surface area contributed by atoms with E-state index in [0.717, 1.165) is 17.4 Å². The van der Waals surface area contributed by atoms with Gasteiger partial charge in [-0.15, -0.1) is 0 Å². The molecule has 28 heavy (non-hydrogen) atoms. The van der Waals surface area contributed by atoms with Gasteiger partial charge in [-0.2, -0.15) is 5.26 Å². The van der Waals surface area contributed by atoms with E-state index in [9.17, 15) is 19.2 Å². The molecule has 0 radical (unpaired) electrons. The number of hydrogen-bond acceptors (Lipinski definition) is 6. The van der Waals surface area contributed by atoms with Gasteiger partial charge in [0.1, 0.15) is 29.0 Å². The molecule has 0 spiro atoms. The van der Waals surface area contributed by atoms with Crippen molar-refractivity contribution in [2.75, 3.05) is 30.5 Å². The number of anilines is 2. The van der Waals surface area contributed by atoms with Crippen LogP contribution in [-0.4, -0.2) is 32.3 Å². The molecule has 0 fully saturated rings. The molecule has 2 aromatic carbocycles. The van der Waals surface area contributed by atoms with Crippen molar-refractivity contribution in [3.8, 4) is 11.8 Å². The molecule has 0 N–H and O–H groups in total. The number of benzene rings is 2. The molecule has 6 nitrogen and oxygen atoms in total. The standard InChI is InChI=1S/C21H18FN3O3/c1-13(26)15-9-8-14(10-17(15)22)28-12-20(27)16(11-23)21-24(2)18-6-4-5-7-19(18)25(21)3/h4-10H,12H2,1-3H3. The maximum atomic E-state index is 13.9. The van der Waals surface area contributed by atoms with Crippen LogP contribution in [0.5, 0.6) is 5.75 Å². The molecule has 7 heteroatoms. The van der Waals surface area contributed by atoms with Gasteiger partial charge in [-0.3, -0.25) is 9.59 Å². The SMILES string of the molecule is CC(=O)c1ccc(OCC(=O)C(C#N)=C2N(C)c3ccccc3N2C)cc1F. The largest absolute Gasteiger partial charge is 0.485 e. The number of halogens is 1. The molecule has 0 amide bonds. The van der Waals surface area contributed by atoms with Crippen molar-refractivity contribution in [3.05, 3.63) is 65.2 Å². The molecule has 3 rings (SSSR count). The molecule has 2 aromatic rings. The van der Waals surface area contributed by atoms with Crippen molar-refractivity contribution in [1.82, 2.24) is 0 Å². The normalized spacial score (nSPS) is 12.5. The summed E-state index contributed by atoms with van der Waals surface area (Å²) in [7, 11) is 3.55. The lowest BCUT2D eigenvalue weighted by Gasteiger charge is -2.20. The second-order valence-corrected chi connectivity index (χ2v) is 6.33. The van der Waals surface area contributed by atoms with Crippen LogP contribution >= 0.6 is 0 Å². The molecule has 0 unspecified atom stereocenters. The zero-order valence-corrected chi connectivity index (χ0v) is 15.7. The van der Waals surface area contributed by atoms with Crippen LogP contribution in [0.4, 0.5) is 15.8 Å². The lowest BCUT2D eigenvalue weighted by atomic mass is 10.1. The number of fused-ring (bicyclic) bond motifs is 1. The van der Waals surface area contributed by atoms with Gasteiger partial charge in [0.25, 0.3) is 0 Å². The van der Waals surface area contributed by atoms with E-state index in [4.69, 9.17) is 4.74 Å². The Morgan fingerprint density at radius 1 is 1.11 bits per heavy atom. The van der Waals surface area contributed by atoms with Gasteiger partial charge in [0.2, 0.25) is 5.78 Å². The minimum atomic E-state index is -0.720. The average molecular weight is 379 g/mol. The van der Waals surface area contributed by atoms with Gasteiger partial charge in [0.15, 0.2) is 12.4 Å². The summed E-state index contributed by atoms with van der Waals surface area (Å²) in [5, 5.41) is 9.58. The van der Waals surface area contributed by atoms with E-state index in [1.807, 2.05) is 30.3 Å². The van der Waals surface area contributed by atoms with Gasteiger partial charge in [0.05, 0.1) is 16.9 Å². The number of carbonyl (C=O) groups excluding carboxylic acids is 2. The lowest BCUT2D eigenvalue weighted by Crippen LogP contribution is -2.27. The highest BCUT2D eigenvalue weighted by molar-refractivity contribution is 6.03. The number of nitriles is 1. The molecule has 0 bridgehead atoms. The number of ketones is 2. The number of hydrogen-bond donors (Lipinski definition) is 0. The highest BCUT2D eigenvalue weighted by Gasteiger charge is 2.31. The van der Waals surface area contributed by atoms with Gasteiger partial charge in [-0.25, -0.2) is 4.39 Å². The van der Waals surface area contributed by atoms with E-state index in [-0.39, 0.29) is 16.9 Å². The van der Waals surface area contributed by atoms with E-state index < -0.39 is 24.0 Å². The molecule has 142 valence electrons. The van der Waals surface area contributed by atoms with Crippen LogP contribution in [0.2, 0.25) is 0 Å². The molecule has 1 aliphatic rings. The van der Waals surface area contributed by atoms with E-state index in [0.29, 0.717) is 5.82 Å². The third-order valence-corrected chi connectivity index (χ3v) is 4.54. The van der Waals surface area contributed by atoms with Crippen LogP contribution in [0.3, 0.4) is 0 Å². The third kappa shape index (κ3) is 3.32. The second-order valence-electron chi connectivity index (χ2n) is 6.33. The van der Waals surface area contributed by atoms with E-state index in [1.54, 1.807) is 23.9 Å². The molecular formula is C21H18FN3O3. The van der Waals surface area contributed by atoms with Gasteiger partial charge < -0.3 is 14.5 Å². The first-order valence-electron chi connectivity index (χ1n) is 8.52. The van der Waals surface area contributed by atoms with E-state index in [1.165, 1.54) is 19.1 Å². The summed E-state index contributed by atoms with van der Waals surface area (Å²) in [6.07, 6.45) is 0. The fraction of sp³-hybridized carbons (Fsp3) is 0.190. The average Bonchev–Trinajstić information content (AvgIpc) is 2.92. The highest BCUT2D eigenvalue weighted by Crippen LogP contribution is 2.40. The summed E-state index contributed by atoms with van der Waals surface area (Å²) in [6.45, 7) is 0.837. The fourth-order valence-corrected chi connectivity index (χ4v) is 3.15. The minimum Gasteiger partial charge on any atom is -0.485 e. The Morgan fingerprint density at radius 3 is 2.21 bits per heavy atom. The van der Waals surface area contributed by atoms with E-state index >= 15 is 0 Å². The Morgan fingerprint density at radius 2 is 1.71 bits per heavy atom. The van der Waals surface area contributed by atoms with Gasteiger partial charge in [0, 0.05) is 20.2 Å². The first kappa shape index (κ1) is 19.1. The van der Waals surface area contributed by atoms with Crippen molar-refractivity contribution in [3.63, 3.8) is 0 Å². The highest BCUT2D eigenvalue weighted by atomic mass is 19.1. The quantitative estimate of drug-likeness (QED) is 0.451. The summed E-state index contributed by atoms with van der Waals surface area (Å²) in [6, 6.07) is 13.3. The Bertz CT molecular complexity index is 1010. The zero-order valence-electron chi connectivity index (χ0n) is 15.7. The Labute approximate surface area is 162 Å². The fourth-order valence-electron chi connectivity index (χ4n) is 3.15. The number of Topliss-reactive ketones (excluding diaryl/α,β-unsaturated/α-hetero) is 2. The second kappa shape index (κ2) is 7.53. The number of carbonyl (C=O) groups is 2. The maximum Gasteiger partial charge on any atom is 0.214 e. The summed E-state index contributed by atoms with van der Waals surface area (Å²) < 4.78 is 19.2. The maximum absolute atomic E-state index is 13.9. The van der Waals surface area contributed by atoms with Gasteiger partial charge in [-0.05, 0) is 31.2 Å². The van der Waals surface area contributed by atoms with Crippen LogP contribution in [0.25, 0.3) is 0 Å². The van der Waals surface area contributed by atoms with Crippen molar-refractivity contribution < 1.29 is 18.7 Å². The first-order valence-corrected chi connectivity index (χ1v) is 8.52. The molecule has 0 saturated carbocycles. The number of nitrogens with zero attached hydrogens (tertiary/aromatic N) is 3. The molecular weight excluding hydrogens is 361 g/mol. The van der Waals surface area contributed by atoms with Gasteiger partial charge in [-0.1, -0.05) is 12.1 Å². The smallest absolute Gasteiger partial charge is 0.214 e. The van der Waals surface area contributed by atoms with Crippen LogP contribution < -0.4 is 14.5 Å². The Balaban J connectivity index is 1.82. The van der Waals surface area contributed by atoms with Crippen molar-refractivity contribution in [1.29, 1.82) is 5.26 Å². The Hall–Kier alpha value is -3.66. The summed E-state index contributed by atoms with van der Waals surface area (Å²) in [5.41, 5.74) is 1.65. The van der Waals surface area contributed by atoms with Crippen LogP contribution in [0.15, 0.2) is 53.9 Å². The topological polar surface area (TPSA) is 73.6 Å². The third-order valence-electron chi connectivity index (χ3n) is 4.54. The molecule has 1 aliphatic heterocycles. The predicted octanol–water partition coefficient (Wildman–Crippen LogP) is 3.30. The molecule has 0 aliphatic carbocycles. The van der Waals surface area contributed by atoms with Crippen LogP contribution in [-0.2, 0) is 4.79 Å². The van der Waals surface area contributed by atoms with Crippen LogP contribution in [0, 0.1) is 17.1 Å².